The number of aromatic nitrogens is 1. The van der Waals surface area contributed by atoms with E-state index in [4.69, 9.17) is 34.8 Å². The van der Waals surface area contributed by atoms with Crippen molar-refractivity contribution in [3.8, 4) is 0 Å². The van der Waals surface area contributed by atoms with E-state index < -0.39 is 23.3 Å². The summed E-state index contributed by atoms with van der Waals surface area (Å²) in [5.74, 6) is -1.01. The summed E-state index contributed by atoms with van der Waals surface area (Å²) in [6, 6.07) is 5.83. The van der Waals surface area contributed by atoms with Crippen LogP contribution in [0.1, 0.15) is 40.4 Å². The van der Waals surface area contributed by atoms with Gasteiger partial charge in [0.2, 0.25) is 0 Å². The van der Waals surface area contributed by atoms with Crippen molar-refractivity contribution in [1.82, 2.24) is 10.3 Å². The Hall–Kier alpha value is -1.50. The van der Waals surface area contributed by atoms with E-state index in [1.54, 1.807) is 18.2 Å². The van der Waals surface area contributed by atoms with Crippen LogP contribution in [0.5, 0.6) is 0 Å². The number of nitrogens with zero attached hydrogens (tertiary/aromatic N) is 1. The molecule has 3 rings (SSSR count). The summed E-state index contributed by atoms with van der Waals surface area (Å²) in [5, 5.41) is 3.26. The minimum Gasteiger partial charge on any atom is -0.349 e. The van der Waals surface area contributed by atoms with Gasteiger partial charge in [-0.3, -0.25) is 9.78 Å². The maximum absolute atomic E-state index is 13.1. The van der Waals surface area contributed by atoms with Gasteiger partial charge in [0.25, 0.3) is 5.91 Å². The second-order valence-corrected chi connectivity index (χ2v) is 7.19. The van der Waals surface area contributed by atoms with Gasteiger partial charge in [-0.15, -0.1) is 0 Å². The molecule has 1 fully saturated rings. The maximum atomic E-state index is 13.1. The molecule has 3 nitrogen and oxygen atoms in total. The third-order valence-corrected chi connectivity index (χ3v) is 5.23. The van der Waals surface area contributed by atoms with Gasteiger partial charge >= 0.3 is 6.18 Å². The van der Waals surface area contributed by atoms with Crippen LogP contribution in [0.15, 0.2) is 30.5 Å². The van der Waals surface area contributed by atoms with Gasteiger partial charge in [0.15, 0.2) is 5.69 Å². The Morgan fingerprint density at radius 3 is 2.42 bits per heavy atom. The molecule has 0 unspecified atom stereocenters. The van der Waals surface area contributed by atoms with Crippen LogP contribution in [0.2, 0.25) is 15.1 Å². The Morgan fingerprint density at radius 1 is 1.12 bits per heavy atom. The number of benzene rings is 1. The lowest BCUT2D eigenvalue weighted by atomic mass is 9.75. The first-order valence-corrected chi connectivity index (χ1v) is 8.79. The molecule has 9 heteroatoms. The van der Waals surface area contributed by atoms with E-state index in [2.05, 4.69) is 10.3 Å². The number of pyridine rings is 1. The highest BCUT2D eigenvalue weighted by molar-refractivity contribution is 6.35. The molecule has 1 aliphatic carbocycles. The van der Waals surface area contributed by atoms with Crippen molar-refractivity contribution in [3.05, 3.63) is 62.4 Å². The molecule has 1 amide bonds. The van der Waals surface area contributed by atoms with Crippen molar-refractivity contribution < 1.29 is 18.0 Å². The van der Waals surface area contributed by atoms with Crippen LogP contribution in [-0.2, 0) is 6.18 Å². The van der Waals surface area contributed by atoms with E-state index in [0.29, 0.717) is 16.5 Å². The minimum atomic E-state index is -4.78. The molecule has 138 valence electrons. The fraction of sp³-hybridized carbons (Fsp3) is 0.294. The summed E-state index contributed by atoms with van der Waals surface area (Å²) < 4.78 is 39.4. The van der Waals surface area contributed by atoms with E-state index in [1.165, 1.54) is 0 Å². The molecule has 1 aromatic carbocycles. The summed E-state index contributed by atoms with van der Waals surface area (Å²) in [5.41, 5.74) is -1.18. The molecule has 2 atom stereocenters. The molecule has 1 aromatic heterocycles. The SMILES string of the molecule is O=C(N[C@H]1CC[C@H]1c1ccc(Cl)cc1Cl)c1c(Cl)ccnc1C(F)(F)F. The first-order chi connectivity index (χ1) is 12.2. The molecule has 1 saturated carbocycles. The third-order valence-electron chi connectivity index (χ3n) is 4.35. The Kier molecular flexibility index (Phi) is 5.37. The van der Waals surface area contributed by atoms with Crippen molar-refractivity contribution in [2.75, 3.05) is 0 Å². The Bertz CT molecular complexity index is 858. The van der Waals surface area contributed by atoms with Crippen molar-refractivity contribution in [2.24, 2.45) is 0 Å². The number of alkyl halides is 3. The lowest BCUT2D eigenvalue weighted by Gasteiger charge is -2.38. The minimum absolute atomic E-state index is 0.103. The van der Waals surface area contributed by atoms with Gasteiger partial charge in [0.05, 0.1) is 10.6 Å². The Morgan fingerprint density at radius 2 is 1.85 bits per heavy atom. The van der Waals surface area contributed by atoms with E-state index >= 15 is 0 Å². The number of nitrogens with one attached hydrogen (secondary N) is 1. The zero-order valence-corrected chi connectivity index (χ0v) is 15.3. The summed E-state index contributed by atoms with van der Waals surface area (Å²) >= 11 is 17.9. The van der Waals surface area contributed by atoms with Crippen molar-refractivity contribution in [2.45, 2.75) is 31.0 Å². The van der Waals surface area contributed by atoms with Gasteiger partial charge in [-0.05, 0) is 36.6 Å². The van der Waals surface area contributed by atoms with Crippen LogP contribution >= 0.6 is 34.8 Å². The van der Waals surface area contributed by atoms with Crippen molar-refractivity contribution >= 4 is 40.7 Å². The van der Waals surface area contributed by atoms with E-state index in [0.717, 1.165) is 24.2 Å². The molecule has 1 aliphatic rings. The van der Waals surface area contributed by atoms with Gasteiger partial charge in [-0.1, -0.05) is 40.9 Å². The molecule has 0 spiro atoms. The quantitative estimate of drug-likeness (QED) is 0.684. The average molecular weight is 424 g/mol. The standard InChI is InChI=1S/C17H12Cl3F3N2O/c18-8-1-2-9(12(20)7-8)10-3-4-13(10)25-16(26)14-11(19)5-6-24-15(14)17(21,22)23/h1-2,5-7,10,13H,3-4H2,(H,25,26)/t10-,13-/m0/s1. The molecule has 26 heavy (non-hydrogen) atoms. The first kappa shape index (κ1) is 19.3. The number of halogens is 6. The molecular formula is C17H12Cl3F3N2O. The summed E-state index contributed by atoms with van der Waals surface area (Å²) in [6.45, 7) is 0. The van der Waals surface area contributed by atoms with Crippen LogP contribution in [-0.4, -0.2) is 16.9 Å². The smallest absolute Gasteiger partial charge is 0.349 e. The molecule has 0 bridgehead atoms. The van der Waals surface area contributed by atoms with Crippen LogP contribution in [0.3, 0.4) is 0 Å². The topological polar surface area (TPSA) is 42.0 Å². The predicted octanol–water partition coefficient (Wildman–Crippen LogP) is 5.74. The zero-order chi connectivity index (χ0) is 19.1. The normalized spacial score (nSPS) is 19.8. The fourth-order valence-electron chi connectivity index (χ4n) is 2.96. The van der Waals surface area contributed by atoms with Gasteiger partial charge in [0.1, 0.15) is 0 Å². The zero-order valence-electron chi connectivity index (χ0n) is 13.1. The van der Waals surface area contributed by atoms with Crippen molar-refractivity contribution in [3.63, 3.8) is 0 Å². The molecule has 1 heterocycles. The second-order valence-electron chi connectivity index (χ2n) is 5.94. The molecule has 0 aliphatic heterocycles. The van der Waals surface area contributed by atoms with Crippen LogP contribution in [0.4, 0.5) is 13.2 Å². The Labute approximate surface area is 162 Å². The number of hydrogen-bond donors (Lipinski definition) is 1. The predicted molar refractivity (Wildman–Crippen MR) is 93.9 cm³/mol. The molecule has 0 saturated heterocycles. The van der Waals surface area contributed by atoms with Crippen molar-refractivity contribution in [1.29, 1.82) is 0 Å². The van der Waals surface area contributed by atoms with Crippen LogP contribution < -0.4 is 5.32 Å². The number of amides is 1. The number of rotatable bonds is 3. The number of carbonyl (C=O) groups is 1. The summed E-state index contributed by atoms with van der Waals surface area (Å²) in [7, 11) is 0. The lowest BCUT2D eigenvalue weighted by molar-refractivity contribution is -0.141. The fourth-order valence-corrected chi connectivity index (χ4v) is 3.74. The van der Waals surface area contributed by atoms with Crippen LogP contribution in [0, 0.1) is 0 Å². The number of hydrogen-bond acceptors (Lipinski definition) is 2. The lowest BCUT2D eigenvalue weighted by Crippen LogP contribution is -2.46. The van der Waals surface area contributed by atoms with E-state index in [-0.39, 0.29) is 17.0 Å². The maximum Gasteiger partial charge on any atom is 0.434 e. The average Bonchev–Trinajstić information content (AvgIpc) is 2.52. The van der Waals surface area contributed by atoms with Crippen LogP contribution in [0.25, 0.3) is 0 Å². The summed E-state index contributed by atoms with van der Waals surface area (Å²) in [6.07, 6.45) is -2.49. The van der Waals surface area contributed by atoms with E-state index in [9.17, 15) is 18.0 Å². The van der Waals surface area contributed by atoms with Gasteiger partial charge in [-0.25, -0.2) is 0 Å². The van der Waals surface area contributed by atoms with E-state index in [1.807, 2.05) is 0 Å². The molecular weight excluding hydrogens is 412 g/mol. The third kappa shape index (κ3) is 3.77. The van der Waals surface area contributed by atoms with Gasteiger partial charge in [-0.2, -0.15) is 13.2 Å². The highest BCUT2D eigenvalue weighted by Gasteiger charge is 2.40. The first-order valence-electron chi connectivity index (χ1n) is 7.66. The Balaban J connectivity index is 1.83. The largest absolute Gasteiger partial charge is 0.434 e. The summed E-state index contributed by atoms with van der Waals surface area (Å²) in [4.78, 5) is 15.7. The molecule has 0 radical (unpaired) electrons. The molecule has 1 N–H and O–H groups in total. The molecule has 2 aromatic rings. The second kappa shape index (κ2) is 7.25. The van der Waals surface area contributed by atoms with Gasteiger partial charge in [0, 0.05) is 28.2 Å². The highest BCUT2D eigenvalue weighted by Crippen LogP contribution is 2.41. The highest BCUT2D eigenvalue weighted by atomic mass is 35.5. The monoisotopic (exact) mass is 422 g/mol. The number of carbonyl (C=O) groups excluding carboxylic acids is 1. The van der Waals surface area contributed by atoms with Gasteiger partial charge < -0.3 is 5.32 Å².